The maximum Gasteiger partial charge on any atom is 0.425 e. The van der Waals surface area contributed by atoms with E-state index in [1.165, 1.54) is 6.20 Å². The van der Waals surface area contributed by atoms with Crippen LogP contribution in [0.3, 0.4) is 0 Å². The van der Waals surface area contributed by atoms with E-state index in [0.29, 0.717) is 44.7 Å². The van der Waals surface area contributed by atoms with Gasteiger partial charge in [0, 0.05) is 32.4 Å². The van der Waals surface area contributed by atoms with Crippen LogP contribution in [0.1, 0.15) is 17.5 Å². The quantitative estimate of drug-likeness (QED) is 0.547. The molecule has 1 amide bonds. The molecule has 1 fully saturated rings. The van der Waals surface area contributed by atoms with Gasteiger partial charge in [-0.25, -0.2) is 10.1 Å². The highest BCUT2D eigenvalue weighted by Crippen LogP contribution is 2.32. The van der Waals surface area contributed by atoms with Crippen LogP contribution in [0.5, 0.6) is 5.75 Å². The first-order valence-electron chi connectivity index (χ1n) is 10.2. The van der Waals surface area contributed by atoms with E-state index in [0.717, 1.165) is 12.0 Å². The molecule has 1 aliphatic heterocycles. The normalized spacial score (nSPS) is 14.1. The largest absolute Gasteiger partial charge is 0.491 e. The van der Waals surface area contributed by atoms with Gasteiger partial charge in [0.15, 0.2) is 11.3 Å². The molecule has 3 rings (SSSR count). The summed E-state index contributed by atoms with van der Waals surface area (Å²) in [5.41, 5.74) is -2.30. The van der Waals surface area contributed by atoms with Gasteiger partial charge >= 0.3 is 6.18 Å². The molecule has 10 nitrogen and oxygen atoms in total. The van der Waals surface area contributed by atoms with E-state index in [1.54, 1.807) is 22.1 Å². The summed E-state index contributed by atoms with van der Waals surface area (Å²) in [7, 11) is 0. The van der Waals surface area contributed by atoms with E-state index in [-0.39, 0.29) is 19.1 Å². The lowest BCUT2D eigenvalue weighted by molar-refractivity contribution is -0.140. The van der Waals surface area contributed by atoms with Crippen molar-refractivity contribution in [3.8, 4) is 11.8 Å². The molecule has 1 saturated heterocycles. The van der Waals surface area contributed by atoms with Crippen LogP contribution in [0.2, 0.25) is 0 Å². The molecular weight excluding hydrogens is 443 g/mol. The first kappa shape index (κ1) is 24.0. The Bertz CT molecular complexity index is 1040. The lowest BCUT2D eigenvalue weighted by Crippen LogP contribution is -2.51. The van der Waals surface area contributed by atoms with Crippen molar-refractivity contribution < 1.29 is 22.7 Å². The molecule has 0 unspecified atom stereocenters. The molecule has 176 valence electrons. The molecule has 33 heavy (non-hydrogen) atoms. The average Bonchev–Trinajstić information content (AvgIpc) is 2.80. The SMILES string of the molecule is N#Cc1ccc(N2CCN(C(=O)CNCCCOc3cn[nH]c(=O)c3C(F)(F)F)CC2)nc1. The maximum absolute atomic E-state index is 13.0. The standard InChI is InChI=1S/C20H22F3N7O3/c21-20(22,23)18-15(12-27-28-19(18)32)33-9-1-4-25-13-17(31)30-7-5-29(6-8-30)16-3-2-14(10-24)11-26-16/h2-3,11-12,25H,1,4-9,13H2,(H,28,32). The van der Waals surface area contributed by atoms with Crippen LogP contribution in [0.15, 0.2) is 29.3 Å². The number of carbonyl (C=O) groups is 1. The predicted molar refractivity (Wildman–Crippen MR) is 111 cm³/mol. The maximum atomic E-state index is 13.0. The molecule has 1 aliphatic rings. The van der Waals surface area contributed by atoms with Gasteiger partial charge in [0.05, 0.1) is 24.9 Å². The summed E-state index contributed by atoms with van der Waals surface area (Å²) >= 11 is 0. The molecular formula is C20H22F3N7O3. The number of nitrogens with one attached hydrogen (secondary N) is 2. The van der Waals surface area contributed by atoms with E-state index in [9.17, 15) is 22.8 Å². The Balaban J connectivity index is 1.35. The Morgan fingerprint density at radius 1 is 1.24 bits per heavy atom. The zero-order chi connectivity index (χ0) is 23.8. The fraction of sp³-hybridized carbons (Fsp3) is 0.450. The minimum absolute atomic E-state index is 0.0777. The second-order valence-electron chi connectivity index (χ2n) is 7.20. The Kier molecular flexibility index (Phi) is 7.83. The van der Waals surface area contributed by atoms with E-state index in [4.69, 9.17) is 10.00 Å². The smallest absolute Gasteiger partial charge is 0.425 e. The number of pyridine rings is 1. The van der Waals surface area contributed by atoms with Gasteiger partial charge in [-0.2, -0.15) is 23.5 Å². The first-order chi connectivity index (χ1) is 15.8. The van der Waals surface area contributed by atoms with Crippen LogP contribution in [0.25, 0.3) is 0 Å². The molecule has 0 spiro atoms. The Morgan fingerprint density at radius 3 is 2.64 bits per heavy atom. The zero-order valence-electron chi connectivity index (χ0n) is 17.6. The number of halogens is 3. The summed E-state index contributed by atoms with van der Waals surface area (Å²) in [4.78, 5) is 31.8. The summed E-state index contributed by atoms with van der Waals surface area (Å²) in [6.45, 7) is 2.65. The number of hydrogen-bond acceptors (Lipinski definition) is 8. The number of nitriles is 1. The average molecular weight is 465 g/mol. The van der Waals surface area contributed by atoms with Gasteiger partial charge in [-0.3, -0.25) is 9.59 Å². The van der Waals surface area contributed by atoms with Gasteiger partial charge in [0.25, 0.3) is 5.56 Å². The molecule has 0 saturated carbocycles. The van der Waals surface area contributed by atoms with Gasteiger partial charge in [-0.05, 0) is 25.1 Å². The van der Waals surface area contributed by atoms with Crippen LogP contribution in [-0.2, 0) is 11.0 Å². The van der Waals surface area contributed by atoms with Crippen molar-refractivity contribution in [3.05, 3.63) is 46.0 Å². The van der Waals surface area contributed by atoms with Gasteiger partial charge < -0.3 is 19.9 Å². The summed E-state index contributed by atoms with van der Waals surface area (Å²) in [6.07, 6.45) is -2.20. The van der Waals surface area contributed by atoms with Crippen molar-refractivity contribution in [1.29, 1.82) is 5.26 Å². The van der Waals surface area contributed by atoms with Gasteiger partial charge in [0.1, 0.15) is 11.9 Å². The van der Waals surface area contributed by atoms with Crippen LogP contribution in [-0.4, -0.2) is 71.9 Å². The van der Waals surface area contributed by atoms with Crippen molar-refractivity contribution in [2.45, 2.75) is 12.6 Å². The number of rotatable bonds is 8. The number of nitrogens with zero attached hydrogens (tertiary/aromatic N) is 5. The number of piperazine rings is 1. The van der Waals surface area contributed by atoms with Gasteiger partial charge in [-0.1, -0.05) is 0 Å². The van der Waals surface area contributed by atoms with Crippen LogP contribution in [0, 0.1) is 11.3 Å². The highest BCUT2D eigenvalue weighted by atomic mass is 19.4. The summed E-state index contributed by atoms with van der Waals surface area (Å²) in [5, 5.41) is 16.9. The van der Waals surface area contributed by atoms with Crippen molar-refractivity contribution in [3.63, 3.8) is 0 Å². The minimum atomic E-state index is -4.85. The lowest BCUT2D eigenvalue weighted by atomic mass is 10.2. The molecule has 2 N–H and O–H groups in total. The third-order valence-corrected chi connectivity index (χ3v) is 4.97. The number of hydrogen-bond donors (Lipinski definition) is 2. The van der Waals surface area contributed by atoms with Crippen molar-refractivity contribution in [2.75, 3.05) is 50.8 Å². The highest BCUT2D eigenvalue weighted by molar-refractivity contribution is 5.78. The topological polar surface area (TPSA) is 127 Å². The third-order valence-electron chi connectivity index (χ3n) is 4.97. The van der Waals surface area contributed by atoms with E-state index < -0.39 is 23.0 Å². The molecule has 0 aliphatic carbocycles. The molecule has 0 bridgehead atoms. The zero-order valence-corrected chi connectivity index (χ0v) is 17.6. The lowest BCUT2D eigenvalue weighted by Gasteiger charge is -2.35. The second-order valence-corrected chi connectivity index (χ2v) is 7.20. The van der Waals surface area contributed by atoms with Crippen LogP contribution < -0.4 is 20.5 Å². The van der Waals surface area contributed by atoms with Crippen molar-refractivity contribution in [1.82, 2.24) is 25.4 Å². The van der Waals surface area contributed by atoms with E-state index in [1.807, 2.05) is 11.0 Å². The molecule has 0 radical (unpaired) electrons. The molecule has 13 heteroatoms. The fourth-order valence-electron chi connectivity index (χ4n) is 3.27. The molecule has 0 atom stereocenters. The van der Waals surface area contributed by atoms with Crippen LogP contribution in [0.4, 0.5) is 19.0 Å². The Morgan fingerprint density at radius 2 is 2.00 bits per heavy atom. The molecule has 2 aromatic heterocycles. The Hall–Kier alpha value is -3.66. The first-order valence-corrected chi connectivity index (χ1v) is 10.2. The monoisotopic (exact) mass is 465 g/mol. The molecule has 0 aromatic carbocycles. The highest BCUT2D eigenvalue weighted by Gasteiger charge is 2.38. The number of aromatic amines is 1. The van der Waals surface area contributed by atoms with Gasteiger partial charge in [0.2, 0.25) is 5.91 Å². The van der Waals surface area contributed by atoms with E-state index >= 15 is 0 Å². The number of H-pyrrole nitrogens is 1. The summed E-state index contributed by atoms with van der Waals surface area (Å²) < 4.78 is 43.9. The number of alkyl halides is 3. The number of carbonyl (C=O) groups excluding carboxylic acids is 1. The van der Waals surface area contributed by atoms with Gasteiger partial charge in [-0.15, -0.1) is 0 Å². The number of amides is 1. The summed E-state index contributed by atoms with van der Waals surface area (Å²) in [6, 6.07) is 5.49. The fourth-order valence-corrected chi connectivity index (χ4v) is 3.27. The number of ether oxygens (including phenoxy) is 1. The van der Waals surface area contributed by atoms with E-state index in [2.05, 4.69) is 15.4 Å². The number of aromatic nitrogens is 3. The molecule has 2 aromatic rings. The van der Waals surface area contributed by atoms with Crippen LogP contribution >= 0.6 is 0 Å². The molecule has 3 heterocycles. The van der Waals surface area contributed by atoms with Crippen molar-refractivity contribution >= 4 is 11.7 Å². The minimum Gasteiger partial charge on any atom is -0.491 e. The van der Waals surface area contributed by atoms with Crippen molar-refractivity contribution in [2.24, 2.45) is 0 Å². The number of anilines is 1. The second kappa shape index (κ2) is 10.8. The predicted octanol–water partition coefficient (Wildman–Crippen LogP) is 0.763. The Labute approximate surface area is 187 Å². The summed E-state index contributed by atoms with van der Waals surface area (Å²) in [5.74, 6) is 0.0435. The third kappa shape index (κ3) is 6.42.